The number of halogens is 2. The molecule has 0 saturated carbocycles. The molecule has 0 aliphatic rings. The third kappa shape index (κ3) is 9.84. The van der Waals surface area contributed by atoms with Crippen molar-refractivity contribution in [1.29, 1.82) is 0 Å². The highest BCUT2D eigenvalue weighted by Gasteiger charge is 2.23. The Morgan fingerprint density at radius 2 is 1.41 bits per heavy atom. The normalized spacial score (nSPS) is 12.7. The van der Waals surface area contributed by atoms with Crippen LogP contribution in [0.1, 0.15) is 19.5 Å². The van der Waals surface area contributed by atoms with Crippen LogP contribution in [0.3, 0.4) is 0 Å². The van der Waals surface area contributed by atoms with E-state index < -0.39 is 11.6 Å². The van der Waals surface area contributed by atoms with Gasteiger partial charge < -0.3 is 25.0 Å². The number of nitrogens with one attached hydrogen (secondary N) is 2. The van der Waals surface area contributed by atoms with Crippen LogP contribution in [0.4, 0.5) is 31.8 Å². The van der Waals surface area contributed by atoms with Gasteiger partial charge in [0.15, 0.2) is 18.7 Å². The fraction of sp³-hybridized carbons (Fsp3) is 0.245. The largest absolute Gasteiger partial charge is 0.489 e. The van der Waals surface area contributed by atoms with Crippen molar-refractivity contribution in [2.45, 2.75) is 39.6 Å². The van der Waals surface area contributed by atoms with Gasteiger partial charge in [0.25, 0.3) is 0 Å². The van der Waals surface area contributed by atoms with Gasteiger partial charge in [0.05, 0.1) is 50.8 Å². The minimum atomic E-state index is -0.800. The van der Waals surface area contributed by atoms with Crippen LogP contribution in [-0.2, 0) is 20.8 Å². The lowest BCUT2D eigenvalue weighted by molar-refractivity contribution is -0.755. The molecule has 0 aliphatic heterocycles. The van der Waals surface area contributed by atoms with Gasteiger partial charge in [-0.2, -0.15) is 5.10 Å². The Balaban J connectivity index is 0.919. The number of fused-ring (bicyclic) bond motifs is 4. The molecule has 16 nitrogen and oxygen atoms in total. The molecule has 6 aromatic heterocycles. The van der Waals surface area contributed by atoms with Gasteiger partial charge in [-0.15, -0.1) is 9.36 Å². The van der Waals surface area contributed by atoms with Gasteiger partial charge in [0.1, 0.15) is 60.4 Å². The summed E-state index contributed by atoms with van der Waals surface area (Å²) in [4.78, 5) is 31.5. The highest BCUT2D eigenvalue weighted by molar-refractivity contribution is 6.00. The van der Waals surface area contributed by atoms with Gasteiger partial charge in [-0.25, -0.2) is 28.7 Å². The molecular formula is C53H53F2N14O2+. The Hall–Kier alpha value is -8.22. The van der Waals surface area contributed by atoms with Crippen LogP contribution in [0.2, 0.25) is 0 Å². The number of benzene rings is 4. The number of hydrogen-bond acceptors (Lipinski definition) is 13. The topological polar surface area (TPSA) is 153 Å². The Labute approximate surface area is 408 Å². The fourth-order valence-electron chi connectivity index (χ4n) is 9.03. The van der Waals surface area contributed by atoms with E-state index in [0.29, 0.717) is 48.0 Å². The number of anilines is 4. The Morgan fingerprint density at radius 3 is 2.10 bits per heavy atom. The predicted octanol–water partition coefficient (Wildman–Crippen LogP) is 9.12. The van der Waals surface area contributed by atoms with Crippen molar-refractivity contribution >= 4 is 66.6 Å². The molecule has 360 valence electrons. The summed E-state index contributed by atoms with van der Waals surface area (Å²) in [6.45, 7) is 7.71. The van der Waals surface area contributed by atoms with Crippen LogP contribution in [0.15, 0.2) is 116 Å². The second kappa shape index (κ2) is 19.3. The lowest BCUT2D eigenvalue weighted by Crippen LogP contribution is -2.43. The molecule has 0 unspecified atom stereocenters. The van der Waals surface area contributed by atoms with E-state index in [2.05, 4.69) is 63.6 Å². The number of nitrogens with zero attached hydrogens (tertiary/aromatic N) is 12. The van der Waals surface area contributed by atoms with Gasteiger partial charge in [0.2, 0.25) is 6.20 Å². The summed E-state index contributed by atoms with van der Waals surface area (Å²) in [7, 11) is 9.86. The van der Waals surface area contributed by atoms with Crippen LogP contribution in [0, 0.1) is 18.6 Å². The summed E-state index contributed by atoms with van der Waals surface area (Å²) in [6, 6.07) is 22.4. The lowest BCUT2D eigenvalue weighted by atomic mass is 10.1. The van der Waals surface area contributed by atoms with Crippen LogP contribution < -0.4 is 24.8 Å². The second-order valence-electron chi connectivity index (χ2n) is 18.3. The molecule has 10 aromatic rings. The second-order valence-corrected chi connectivity index (χ2v) is 18.3. The Bertz CT molecular complexity index is 3620. The zero-order valence-corrected chi connectivity index (χ0v) is 40.7. The summed E-state index contributed by atoms with van der Waals surface area (Å²) in [5.41, 5.74) is 7.46. The smallest absolute Gasteiger partial charge is 0.203 e. The number of ether oxygens (including phenoxy) is 2. The van der Waals surface area contributed by atoms with Crippen LogP contribution in [-0.4, -0.2) is 101 Å². The van der Waals surface area contributed by atoms with E-state index in [0.717, 1.165) is 55.4 Å². The molecule has 0 spiro atoms. The maximum atomic E-state index is 15.9. The summed E-state index contributed by atoms with van der Waals surface area (Å²) in [6.07, 6.45) is 11.8. The van der Waals surface area contributed by atoms with Gasteiger partial charge in [-0.3, -0.25) is 19.5 Å². The van der Waals surface area contributed by atoms with E-state index >= 15 is 8.78 Å². The average molecular weight is 956 g/mol. The van der Waals surface area contributed by atoms with E-state index in [1.165, 1.54) is 18.6 Å². The molecule has 10 rings (SSSR count). The number of pyridine rings is 2. The molecule has 0 amide bonds. The summed E-state index contributed by atoms with van der Waals surface area (Å²) in [5, 5.41) is 13.3. The molecule has 6 heterocycles. The quantitative estimate of drug-likeness (QED) is 0.0887. The van der Waals surface area contributed by atoms with E-state index in [4.69, 9.17) is 19.4 Å². The highest BCUT2D eigenvalue weighted by atomic mass is 19.1. The van der Waals surface area contributed by atoms with E-state index in [-0.39, 0.29) is 34.6 Å². The number of aromatic nitrogens is 10. The summed E-state index contributed by atoms with van der Waals surface area (Å²) >= 11 is 0. The maximum absolute atomic E-state index is 15.9. The summed E-state index contributed by atoms with van der Waals surface area (Å²) in [5.74, 6) is 0.346. The molecule has 2 N–H and O–H groups in total. The van der Waals surface area contributed by atoms with Crippen molar-refractivity contribution in [2.24, 2.45) is 14.1 Å². The first-order valence-corrected chi connectivity index (χ1v) is 23.2. The predicted molar refractivity (Wildman–Crippen MR) is 272 cm³/mol. The van der Waals surface area contributed by atoms with E-state index in [1.54, 1.807) is 23.1 Å². The first-order chi connectivity index (χ1) is 34.2. The molecular weight excluding hydrogens is 903 g/mol. The van der Waals surface area contributed by atoms with Gasteiger partial charge >= 0.3 is 0 Å². The number of hydrogen-bond donors (Lipinski definition) is 2. The molecule has 0 radical (unpaired) electrons. The SMILES string of the molecule is Cc1ccc2cc(Nc3ncnc4cc(-c5cnn(C)c5)cc(O[C@H](C)CN(C)Cn5cc(-c6cc(O[C@H](C)CN(C)C)c7c(Nc8c(F)cc9ncccc9c8F)ncnc7c6)c[n+]5C)c34)ccc2n1. The molecule has 2 atom stereocenters. The molecule has 0 aliphatic carbocycles. The van der Waals surface area contributed by atoms with Gasteiger partial charge in [0, 0.05) is 66.3 Å². The lowest BCUT2D eigenvalue weighted by Gasteiger charge is -2.23. The van der Waals surface area contributed by atoms with E-state index in [9.17, 15) is 0 Å². The zero-order chi connectivity index (χ0) is 49.5. The Kier molecular flexibility index (Phi) is 12.6. The van der Waals surface area contributed by atoms with Crippen LogP contribution >= 0.6 is 0 Å². The van der Waals surface area contributed by atoms with Crippen molar-refractivity contribution in [2.75, 3.05) is 44.9 Å². The fourth-order valence-corrected chi connectivity index (χ4v) is 9.03. The van der Waals surface area contributed by atoms with Crippen LogP contribution in [0.5, 0.6) is 11.5 Å². The maximum Gasteiger partial charge on any atom is 0.203 e. The van der Waals surface area contributed by atoms with Crippen molar-refractivity contribution in [3.8, 4) is 33.8 Å². The first-order valence-electron chi connectivity index (χ1n) is 23.2. The first kappa shape index (κ1) is 46.5. The van der Waals surface area contributed by atoms with Gasteiger partial charge in [-0.05, 0) is 114 Å². The average Bonchev–Trinajstić information content (AvgIpc) is 3.94. The molecule has 0 bridgehead atoms. The van der Waals surface area contributed by atoms with Gasteiger partial charge in [-0.1, -0.05) is 6.07 Å². The standard InChI is InChI=1S/C53H53F2N14O2/c1-31-11-12-34-16-39(13-14-42(34)62-31)63-52-48-44(57-28-59-52)17-35(37-22-61-67(7)25-37)19-46(48)71-33(3)24-66(6)30-69-27-38(26-68(69)8)36-18-45-49(47(20-36)70-32(2)23-65(4)5)53(60-29-58-45)64-51-41(54)21-43-40(50(51)55)10-9-15-56-43/h9-22,25-29,32-33H,23-24,30H2,1-8H3,(H,57,59,63)(H,58,60,64)/q+1/t32-,33-/m1/s1. The van der Waals surface area contributed by atoms with Crippen molar-refractivity contribution in [1.82, 2.24) is 54.2 Å². The number of aryl methyl sites for hydroxylation is 3. The monoisotopic (exact) mass is 955 g/mol. The minimum Gasteiger partial charge on any atom is -0.489 e. The van der Waals surface area contributed by atoms with Crippen molar-refractivity contribution in [3.63, 3.8) is 0 Å². The molecule has 0 fully saturated rings. The van der Waals surface area contributed by atoms with Crippen molar-refractivity contribution < 1.29 is 22.9 Å². The third-order valence-electron chi connectivity index (χ3n) is 12.2. The third-order valence-corrected chi connectivity index (χ3v) is 12.2. The van der Waals surface area contributed by atoms with E-state index in [1.807, 2.05) is 127 Å². The zero-order valence-electron chi connectivity index (χ0n) is 40.7. The molecule has 4 aromatic carbocycles. The molecule has 71 heavy (non-hydrogen) atoms. The van der Waals surface area contributed by atoms with Crippen LogP contribution in [0.25, 0.3) is 65.9 Å². The molecule has 0 saturated heterocycles. The number of rotatable bonds is 16. The summed E-state index contributed by atoms with van der Waals surface area (Å²) < 4.78 is 50.7. The number of likely N-dealkylation sites (N-methyl/N-ethyl adjacent to an activating group) is 2. The van der Waals surface area contributed by atoms with Crippen molar-refractivity contribution in [3.05, 3.63) is 134 Å². The Morgan fingerprint density at radius 1 is 0.718 bits per heavy atom. The molecule has 18 heteroatoms. The highest BCUT2D eigenvalue weighted by Crippen LogP contribution is 2.40. The minimum absolute atomic E-state index is 0.182.